The highest BCUT2D eigenvalue weighted by atomic mass is 32.1. The lowest BCUT2D eigenvalue weighted by Gasteiger charge is -1.98. The van der Waals surface area contributed by atoms with E-state index in [1.54, 1.807) is 0 Å². The van der Waals surface area contributed by atoms with Crippen molar-refractivity contribution in [2.45, 2.75) is 12.7 Å². The first kappa shape index (κ1) is 8.48. The maximum Gasteiger partial charge on any atom is 0.427 e. The molecule has 1 aromatic rings. The third kappa shape index (κ3) is 1.90. The summed E-state index contributed by atoms with van der Waals surface area (Å²) in [6, 6.07) is 0.963. The van der Waals surface area contributed by atoms with Crippen molar-refractivity contribution in [2.75, 3.05) is 0 Å². The summed E-state index contributed by atoms with van der Waals surface area (Å²) in [6.45, 7) is 0.0482. The molecule has 0 amide bonds. The van der Waals surface area contributed by atoms with Gasteiger partial charge in [-0.25, -0.2) is 0 Å². The molecule has 0 spiro atoms. The van der Waals surface area contributed by atoms with Crippen LogP contribution >= 0.6 is 11.5 Å². The molecule has 0 fully saturated rings. The Morgan fingerprint density at radius 1 is 1.55 bits per heavy atom. The van der Waals surface area contributed by atoms with Gasteiger partial charge in [-0.05, 0) is 17.6 Å². The van der Waals surface area contributed by atoms with Crippen LogP contribution in [0, 0.1) is 0 Å². The molecular weight excluding hydrogens is 177 g/mol. The number of hydrogen-bond acceptors (Lipinski definition) is 3. The maximum absolute atomic E-state index is 11.9. The molecule has 1 heterocycles. The highest BCUT2D eigenvalue weighted by molar-refractivity contribution is 7.05. The summed E-state index contributed by atoms with van der Waals surface area (Å²) in [6.07, 6.45) is -4.29. The zero-order chi connectivity index (χ0) is 8.48. The van der Waals surface area contributed by atoms with Crippen molar-refractivity contribution in [1.82, 2.24) is 4.37 Å². The van der Waals surface area contributed by atoms with Crippen molar-refractivity contribution in [2.24, 2.45) is 5.73 Å². The van der Waals surface area contributed by atoms with E-state index in [9.17, 15) is 13.2 Å². The molecule has 62 valence electrons. The van der Waals surface area contributed by atoms with E-state index in [-0.39, 0.29) is 12.2 Å². The molecule has 0 bridgehead atoms. The highest BCUT2D eigenvalue weighted by Crippen LogP contribution is 2.32. The van der Waals surface area contributed by atoms with Gasteiger partial charge in [0.1, 0.15) is 4.88 Å². The van der Waals surface area contributed by atoms with Crippen LogP contribution in [0.3, 0.4) is 0 Å². The Morgan fingerprint density at radius 3 is 2.45 bits per heavy atom. The second-order valence-electron chi connectivity index (χ2n) is 1.88. The van der Waals surface area contributed by atoms with Gasteiger partial charge >= 0.3 is 6.18 Å². The molecule has 0 aliphatic heterocycles. The summed E-state index contributed by atoms with van der Waals surface area (Å²) in [5.41, 5.74) is 5.36. The van der Waals surface area contributed by atoms with E-state index >= 15 is 0 Å². The SMILES string of the molecule is NCc1cc(C(F)(F)F)sn1. The number of nitrogens with two attached hydrogens (primary N) is 1. The van der Waals surface area contributed by atoms with Crippen molar-refractivity contribution < 1.29 is 13.2 Å². The average molecular weight is 182 g/mol. The number of alkyl halides is 3. The van der Waals surface area contributed by atoms with Crippen LogP contribution in [0.15, 0.2) is 6.07 Å². The molecule has 0 unspecified atom stereocenters. The highest BCUT2D eigenvalue weighted by Gasteiger charge is 2.33. The molecule has 11 heavy (non-hydrogen) atoms. The summed E-state index contributed by atoms with van der Waals surface area (Å²) >= 11 is 0.426. The lowest BCUT2D eigenvalue weighted by Crippen LogP contribution is -2.01. The molecule has 2 nitrogen and oxygen atoms in total. The summed E-state index contributed by atoms with van der Waals surface area (Å²) in [7, 11) is 0. The van der Waals surface area contributed by atoms with Gasteiger partial charge in [0.2, 0.25) is 0 Å². The molecule has 0 aromatic carbocycles. The van der Waals surface area contributed by atoms with Crippen molar-refractivity contribution in [1.29, 1.82) is 0 Å². The van der Waals surface area contributed by atoms with E-state index in [0.29, 0.717) is 11.5 Å². The molecule has 0 radical (unpaired) electrons. The predicted molar refractivity (Wildman–Crippen MR) is 35.0 cm³/mol. The number of halogens is 3. The maximum atomic E-state index is 11.9. The lowest BCUT2D eigenvalue weighted by atomic mass is 10.4. The van der Waals surface area contributed by atoms with Gasteiger partial charge in [0, 0.05) is 6.54 Å². The Kier molecular flexibility index (Phi) is 2.15. The van der Waals surface area contributed by atoms with Gasteiger partial charge in [-0.3, -0.25) is 0 Å². The first-order chi connectivity index (χ1) is 5.04. The zero-order valence-electron chi connectivity index (χ0n) is 5.35. The van der Waals surface area contributed by atoms with Gasteiger partial charge in [-0.2, -0.15) is 17.5 Å². The van der Waals surface area contributed by atoms with Gasteiger partial charge in [0.25, 0.3) is 0 Å². The largest absolute Gasteiger partial charge is 0.427 e. The van der Waals surface area contributed by atoms with Crippen molar-refractivity contribution in [3.63, 3.8) is 0 Å². The monoisotopic (exact) mass is 182 g/mol. The van der Waals surface area contributed by atoms with Crippen LogP contribution in [-0.4, -0.2) is 4.37 Å². The van der Waals surface area contributed by atoms with Crippen LogP contribution < -0.4 is 5.73 Å². The summed E-state index contributed by atoms with van der Waals surface area (Å²) in [5, 5.41) is 0. The Hall–Kier alpha value is -0.620. The van der Waals surface area contributed by atoms with Crippen molar-refractivity contribution in [3.8, 4) is 0 Å². The summed E-state index contributed by atoms with van der Waals surface area (Å²) < 4.78 is 39.1. The van der Waals surface area contributed by atoms with Crippen molar-refractivity contribution in [3.05, 3.63) is 16.6 Å². The molecule has 0 aliphatic rings. The third-order valence-corrected chi connectivity index (χ3v) is 1.92. The van der Waals surface area contributed by atoms with Crippen LogP contribution in [0.25, 0.3) is 0 Å². The van der Waals surface area contributed by atoms with Gasteiger partial charge in [0.15, 0.2) is 0 Å². The molecular formula is C5H5F3N2S. The third-order valence-electron chi connectivity index (χ3n) is 1.05. The lowest BCUT2D eigenvalue weighted by molar-refractivity contribution is -0.134. The zero-order valence-corrected chi connectivity index (χ0v) is 6.17. The minimum absolute atomic E-state index is 0.0482. The van der Waals surface area contributed by atoms with E-state index in [1.807, 2.05) is 0 Å². The summed E-state index contributed by atoms with van der Waals surface area (Å²) in [4.78, 5) is -0.696. The molecule has 1 rings (SSSR count). The normalized spacial score (nSPS) is 12.0. The Morgan fingerprint density at radius 2 is 2.18 bits per heavy atom. The van der Waals surface area contributed by atoms with E-state index in [2.05, 4.69) is 4.37 Å². The van der Waals surface area contributed by atoms with Gasteiger partial charge in [0.05, 0.1) is 5.69 Å². The molecule has 0 aliphatic carbocycles. The molecule has 0 saturated heterocycles. The van der Waals surface area contributed by atoms with Crippen LogP contribution in [0.4, 0.5) is 13.2 Å². The Labute approximate surface area is 65.0 Å². The quantitative estimate of drug-likeness (QED) is 0.716. The molecule has 2 N–H and O–H groups in total. The molecule has 0 saturated carbocycles. The van der Waals surface area contributed by atoms with E-state index in [0.717, 1.165) is 6.07 Å². The summed E-state index contributed by atoms with van der Waals surface area (Å²) in [5.74, 6) is 0. The fraction of sp³-hybridized carbons (Fsp3) is 0.400. The molecule has 1 aromatic heterocycles. The molecule has 6 heteroatoms. The number of hydrogen-bond donors (Lipinski definition) is 1. The first-order valence-electron chi connectivity index (χ1n) is 2.77. The minimum Gasteiger partial charge on any atom is -0.325 e. The second kappa shape index (κ2) is 2.78. The second-order valence-corrected chi connectivity index (χ2v) is 2.69. The van der Waals surface area contributed by atoms with Crippen LogP contribution in [0.1, 0.15) is 10.6 Å². The van der Waals surface area contributed by atoms with E-state index < -0.39 is 11.1 Å². The topological polar surface area (TPSA) is 38.9 Å². The van der Waals surface area contributed by atoms with E-state index in [1.165, 1.54) is 0 Å². The predicted octanol–water partition coefficient (Wildman–Crippen LogP) is 1.62. The van der Waals surface area contributed by atoms with Crippen LogP contribution in [0.5, 0.6) is 0 Å². The average Bonchev–Trinajstić information content (AvgIpc) is 2.32. The van der Waals surface area contributed by atoms with Crippen molar-refractivity contribution >= 4 is 11.5 Å². The standard InChI is InChI=1S/C5H5F3N2S/c6-5(7,8)4-1-3(2-9)10-11-4/h1H,2,9H2. The van der Waals surface area contributed by atoms with Gasteiger partial charge < -0.3 is 5.73 Å². The number of rotatable bonds is 1. The fourth-order valence-corrected chi connectivity index (χ4v) is 1.18. The fourth-order valence-electron chi connectivity index (χ4n) is 0.542. The van der Waals surface area contributed by atoms with Crippen LogP contribution in [-0.2, 0) is 12.7 Å². The number of nitrogens with zero attached hydrogens (tertiary/aromatic N) is 1. The smallest absolute Gasteiger partial charge is 0.325 e. The van der Waals surface area contributed by atoms with Crippen LogP contribution in [0.2, 0.25) is 0 Å². The molecule has 0 atom stereocenters. The van der Waals surface area contributed by atoms with Gasteiger partial charge in [-0.15, -0.1) is 0 Å². The first-order valence-corrected chi connectivity index (χ1v) is 3.54. The Bertz CT molecular complexity index is 242. The Balaban J connectivity index is 2.89. The number of aromatic nitrogens is 1. The van der Waals surface area contributed by atoms with E-state index in [4.69, 9.17) is 5.73 Å². The minimum atomic E-state index is -4.29. The van der Waals surface area contributed by atoms with Gasteiger partial charge in [-0.1, -0.05) is 0 Å².